The van der Waals surface area contributed by atoms with Crippen LogP contribution in [0.4, 0.5) is 0 Å². The molecular weight excluding hydrogens is 418 g/mol. The molecule has 2 aliphatic carbocycles. The average molecular weight is 456 g/mol. The summed E-state index contributed by atoms with van der Waals surface area (Å²) in [6.07, 6.45) is 0.0538. The largest absolute Gasteiger partial charge is 0.508 e. The maximum atomic E-state index is 11.0. The minimum absolute atomic E-state index is 0.114. The van der Waals surface area contributed by atoms with Crippen LogP contribution >= 0.6 is 0 Å². The molecule has 0 heterocycles. The minimum Gasteiger partial charge on any atom is -0.508 e. The van der Waals surface area contributed by atoms with Crippen molar-refractivity contribution in [2.45, 2.75) is 80.4 Å². The molecule has 0 saturated heterocycles. The number of carbonyl (C=O) groups is 1. The van der Waals surface area contributed by atoms with Crippen LogP contribution in [0.3, 0.4) is 0 Å². The van der Waals surface area contributed by atoms with Gasteiger partial charge in [-0.25, -0.2) is 4.79 Å². The lowest BCUT2D eigenvalue weighted by Gasteiger charge is -2.40. The van der Waals surface area contributed by atoms with E-state index in [0.29, 0.717) is 0 Å². The van der Waals surface area contributed by atoms with Crippen LogP contribution in [0.1, 0.15) is 56.4 Å². The molecule has 1 aromatic rings. The van der Waals surface area contributed by atoms with Crippen LogP contribution in [-0.2, 0) is 4.79 Å². The standard InChI is InChI=1S/C16H25NO2.C7H12O6/c1-17(2)12-15(13-6-8-14(18)9-7-13)16(19)10-4-3-5-11-16;8-3-1-7(13,6(11)12)2-4(9)5(3)10/h6-9,15,18-19H,3-5,10-12H2,1-2H3;3-5,8-10,13H,1-2H2,(H,11,12)/t;3-,4-,5?,7?/m.1/s1. The fourth-order valence-electron chi connectivity index (χ4n) is 4.62. The van der Waals surface area contributed by atoms with Crippen LogP contribution in [0.5, 0.6) is 5.75 Å². The van der Waals surface area contributed by atoms with E-state index in [-0.39, 0.29) is 11.7 Å². The van der Waals surface area contributed by atoms with Crippen molar-refractivity contribution in [1.82, 2.24) is 4.90 Å². The zero-order valence-electron chi connectivity index (χ0n) is 18.8. The summed E-state index contributed by atoms with van der Waals surface area (Å²) in [5.74, 6) is -1.11. The molecule has 2 fully saturated rings. The molecule has 1 aromatic carbocycles. The number of nitrogens with zero attached hydrogens (tertiary/aromatic N) is 1. The van der Waals surface area contributed by atoms with Gasteiger partial charge >= 0.3 is 5.97 Å². The molecular formula is C23H37NO8. The van der Waals surface area contributed by atoms with Crippen molar-refractivity contribution in [3.8, 4) is 5.75 Å². The monoisotopic (exact) mass is 455 g/mol. The zero-order chi connectivity index (χ0) is 24.1. The van der Waals surface area contributed by atoms with Gasteiger partial charge in [-0.2, -0.15) is 0 Å². The Hall–Kier alpha value is -1.75. The number of aliphatic hydroxyl groups excluding tert-OH is 3. The summed E-state index contributed by atoms with van der Waals surface area (Å²) >= 11 is 0. The number of carboxylic acid groups (broad SMARTS) is 1. The Labute approximate surface area is 188 Å². The smallest absolute Gasteiger partial charge is 0.335 e. The Kier molecular flexibility index (Phi) is 9.04. The van der Waals surface area contributed by atoms with Gasteiger partial charge in [0.1, 0.15) is 11.9 Å². The number of aliphatic hydroxyl groups is 5. The first-order valence-electron chi connectivity index (χ1n) is 11.0. The van der Waals surface area contributed by atoms with Gasteiger partial charge in [0.25, 0.3) is 0 Å². The van der Waals surface area contributed by atoms with Gasteiger partial charge in [-0.05, 0) is 44.6 Å². The van der Waals surface area contributed by atoms with Crippen LogP contribution in [0.15, 0.2) is 24.3 Å². The quantitative estimate of drug-likeness (QED) is 0.333. The Morgan fingerprint density at radius 3 is 1.94 bits per heavy atom. The molecule has 9 heteroatoms. The third kappa shape index (κ3) is 6.63. The highest BCUT2D eigenvalue weighted by Crippen LogP contribution is 2.40. The number of aromatic hydroxyl groups is 1. The van der Waals surface area contributed by atoms with E-state index >= 15 is 0 Å². The molecule has 0 aromatic heterocycles. The number of likely N-dealkylation sites (N-methyl/N-ethyl adjacent to an activating group) is 1. The van der Waals surface area contributed by atoms with E-state index in [1.807, 2.05) is 26.2 Å². The summed E-state index contributed by atoms with van der Waals surface area (Å²) < 4.78 is 0. The van der Waals surface area contributed by atoms with Crippen LogP contribution in [0, 0.1) is 0 Å². The van der Waals surface area contributed by atoms with Crippen LogP contribution in [0.2, 0.25) is 0 Å². The van der Waals surface area contributed by atoms with E-state index in [1.165, 1.54) is 6.42 Å². The lowest BCUT2D eigenvalue weighted by Crippen LogP contribution is -2.56. The van der Waals surface area contributed by atoms with Gasteiger partial charge in [0.15, 0.2) is 5.60 Å². The van der Waals surface area contributed by atoms with Crippen molar-refractivity contribution in [3.63, 3.8) is 0 Å². The Morgan fingerprint density at radius 1 is 1.00 bits per heavy atom. The van der Waals surface area contributed by atoms with Gasteiger partial charge in [-0.15, -0.1) is 0 Å². The number of hydrogen-bond donors (Lipinski definition) is 7. The molecule has 7 N–H and O–H groups in total. The second-order valence-electron chi connectivity index (χ2n) is 9.44. The van der Waals surface area contributed by atoms with Crippen molar-refractivity contribution in [2.75, 3.05) is 20.6 Å². The number of phenolic OH excluding ortho intramolecular Hbond substituents is 1. The van der Waals surface area contributed by atoms with Gasteiger partial charge in [-0.3, -0.25) is 0 Å². The molecule has 182 valence electrons. The van der Waals surface area contributed by atoms with Crippen molar-refractivity contribution >= 4 is 5.97 Å². The molecule has 9 nitrogen and oxygen atoms in total. The molecule has 0 amide bonds. The molecule has 32 heavy (non-hydrogen) atoms. The SMILES string of the molecule is CN(C)CC(c1ccc(O)cc1)C1(O)CCCCC1.O=C(O)C1(O)C[C@@H](O)C(O)[C@H](O)C1. The van der Waals surface area contributed by atoms with Crippen molar-refractivity contribution < 1.29 is 40.5 Å². The number of benzene rings is 1. The van der Waals surface area contributed by atoms with Crippen LogP contribution < -0.4 is 0 Å². The molecule has 3 atom stereocenters. The highest BCUT2D eigenvalue weighted by molar-refractivity contribution is 5.77. The van der Waals surface area contributed by atoms with E-state index < -0.39 is 48.3 Å². The lowest BCUT2D eigenvalue weighted by molar-refractivity contribution is -0.187. The van der Waals surface area contributed by atoms with Gasteiger partial charge in [0.2, 0.25) is 0 Å². The number of rotatable bonds is 5. The van der Waals surface area contributed by atoms with E-state index in [1.54, 1.807) is 12.1 Å². The van der Waals surface area contributed by atoms with Gasteiger partial charge in [0, 0.05) is 25.3 Å². The molecule has 2 saturated carbocycles. The first kappa shape index (κ1) is 26.5. The molecule has 2 aliphatic rings. The van der Waals surface area contributed by atoms with E-state index in [9.17, 15) is 20.1 Å². The number of aliphatic carboxylic acids is 1. The van der Waals surface area contributed by atoms with E-state index in [4.69, 9.17) is 20.4 Å². The summed E-state index contributed by atoms with van der Waals surface area (Å²) in [5, 5.41) is 65.6. The zero-order valence-corrected chi connectivity index (χ0v) is 18.8. The molecule has 0 spiro atoms. The minimum atomic E-state index is -2.14. The van der Waals surface area contributed by atoms with E-state index in [2.05, 4.69) is 4.90 Å². The molecule has 0 radical (unpaired) electrons. The molecule has 1 unspecified atom stereocenters. The second-order valence-corrected chi connectivity index (χ2v) is 9.44. The molecule has 0 aliphatic heterocycles. The number of hydrogen-bond acceptors (Lipinski definition) is 8. The van der Waals surface area contributed by atoms with Crippen LogP contribution in [-0.4, -0.2) is 96.8 Å². The number of phenols is 1. The Bertz CT molecular complexity index is 720. The summed E-state index contributed by atoms with van der Waals surface area (Å²) in [5.41, 5.74) is -1.62. The third-order valence-corrected chi connectivity index (χ3v) is 6.49. The first-order valence-corrected chi connectivity index (χ1v) is 11.0. The van der Waals surface area contributed by atoms with Crippen molar-refractivity contribution in [2.24, 2.45) is 0 Å². The predicted octanol–water partition coefficient (Wildman–Crippen LogP) is 0.411. The topological polar surface area (TPSA) is 162 Å². The summed E-state index contributed by atoms with van der Waals surface area (Å²) in [6.45, 7) is 0.835. The van der Waals surface area contributed by atoms with Gasteiger partial charge in [0.05, 0.1) is 17.8 Å². The molecule has 3 rings (SSSR count). The number of carboxylic acids is 1. The highest BCUT2D eigenvalue weighted by Gasteiger charge is 2.48. The second kappa shape index (κ2) is 10.9. The highest BCUT2D eigenvalue weighted by atomic mass is 16.4. The maximum absolute atomic E-state index is 11.0. The van der Waals surface area contributed by atoms with E-state index in [0.717, 1.165) is 37.8 Å². The van der Waals surface area contributed by atoms with Crippen molar-refractivity contribution in [3.05, 3.63) is 29.8 Å². The Balaban J connectivity index is 0.000000244. The normalized spacial score (nSPS) is 30.8. The summed E-state index contributed by atoms with van der Waals surface area (Å²) in [7, 11) is 4.08. The lowest BCUT2D eigenvalue weighted by atomic mass is 9.72. The van der Waals surface area contributed by atoms with Gasteiger partial charge in [-0.1, -0.05) is 31.4 Å². The average Bonchev–Trinajstić information content (AvgIpc) is 2.72. The fraction of sp³-hybridized carbons (Fsp3) is 0.696. The van der Waals surface area contributed by atoms with Gasteiger partial charge < -0.3 is 40.6 Å². The first-order chi connectivity index (χ1) is 14.9. The third-order valence-electron chi connectivity index (χ3n) is 6.49. The fourth-order valence-corrected chi connectivity index (χ4v) is 4.62. The Morgan fingerprint density at radius 2 is 1.50 bits per heavy atom. The summed E-state index contributed by atoms with van der Waals surface area (Å²) in [6, 6.07) is 7.31. The molecule has 0 bridgehead atoms. The maximum Gasteiger partial charge on any atom is 0.335 e. The summed E-state index contributed by atoms with van der Waals surface area (Å²) in [4.78, 5) is 12.6. The predicted molar refractivity (Wildman–Crippen MR) is 117 cm³/mol. The van der Waals surface area contributed by atoms with Crippen molar-refractivity contribution in [1.29, 1.82) is 0 Å². The van der Waals surface area contributed by atoms with Crippen LogP contribution in [0.25, 0.3) is 0 Å².